The minimum atomic E-state index is -0.874. The molecule has 1 saturated heterocycles. The third-order valence-electron chi connectivity index (χ3n) is 4.43. The zero-order valence-electron chi connectivity index (χ0n) is 14.7. The van der Waals surface area contributed by atoms with Gasteiger partial charge >= 0.3 is 6.09 Å². The number of nitrogens with one attached hydrogen (secondary N) is 1. The number of piperidine rings is 1. The van der Waals surface area contributed by atoms with Crippen LogP contribution in [-0.4, -0.2) is 35.5 Å². The topological polar surface area (TPSA) is 82.4 Å². The molecular weight excluding hydrogens is 318 g/mol. The summed E-state index contributed by atoms with van der Waals surface area (Å²) in [5.74, 6) is -0.0940. The van der Waals surface area contributed by atoms with E-state index in [1.807, 2.05) is 37.3 Å². The lowest BCUT2D eigenvalue weighted by molar-refractivity contribution is -0.123. The van der Waals surface area contributed by atoms with Crippen LogP contribution in [0.2, 0.25) is 0 Å². The van der Waals surface area contributed by atoms with E-state index in [4.69, 9.17) is 4.74 Å². The summed E-state index contributed by atoms with van der Waals surface area (Å²) < 4.78 is 5.32. The van der Waals surface area contributed by atoms with Crippen LogP contribution in [-0.2, 0) is 16.1 Å². The van der Waals surface area contributed by atoms with Gasteiger partial charge in [0.2, 0.25) is 5.91 Å². The van der Waals surface area contributed by atoms with Crippen LogP contribution in [0.25, 0.3) is 0 Å². The van der Waals surface area contributed by atoms with E-state index in [0.717, 1.165) is 18.4 Å². The molecule has 0 radical (unpaired) electrons. The molecule has 0 unspecified atom stereocenters. The van der Waals surface area contributed by atoms with Gasteiger partial charge < -0.3 is 15.0 Å². The Morgan fingerprint density at radius 1 is 1.28 bits per heavy atom. The second kappa shape index (κ2) is 9.07. The van der Waals surface area contributed by atoms with Gasteiger partial charge in [-0.05, 0) is 12.0 Å². The zero-order chi connectivity index (χ0) is 18.1. The molecule has 1 aromatic carbocycles. The molecule has 1 fully saturated rings. The molecule has 25 heavy (non-hydrogen) atoms. The van der Waals surface area contributed by atoms with Crippen LogP contribution in [0.15, 0.2) is 30.3 Å². The Labute approximate surface area is 148 Å². The largest absolute Gasteiger partial charge is 0.445 e. The molecule has 0 atom stereocenters. The number of hydrogen-bond acceptors (Lipinski definition) is 4. The number of likely N-dealkylation sites (tertiary alicyclic amines) is 1. The molecule has 1 heterocycles. The van der Waals surface area contributed by atoms with Crippen molar-refractivity contribution in [3.8, 4) is 6.07 Å². The van der Waals surface area contributed by atoms with Crippen molar-refractivity contribution in [3.63, 3.8) is 0 Å². The van der Waals surface area contributed by atoms with Gasteiger partial charge in [-0.1, -0.05) is 43.7 Å². The molecule has 1 N–H and O–H groups in total. The molecule has 6 heteroatoms. The summed E-state index contributed by atoms with van der Waals surface area (Å²) >= 11 is 0. The van der Waals surface area contributed by atoms with Crippen LogP contribution >= 0.6 is 0 Å². The van der Waals surface area contributed by atoms with Gasteiger partial charge in [-0.15, -0.1) is 0 Å². The highest BCUT2D eigenvalue weighted by atomic mass is 16.6. The Bertz CT molecular complexity index is 617. The Balaban J connectivity index is 1.81. The van der Waals surface area contributed by atoms with Crippen molar-refractivity contribution in [2.75, 3.05) is 13.1 Å². The fourth-order valence-electron chi connectivity index (χ4n) is 2.81. The standard InChI is InChI=1S/C19H25N3O3/c1-2-3-9-17(23)21-19(15-20)10-12-22(13-11-19)18(24)25-14-16-7-5-4-6-8-16/h4-8H,2-3,9-14H2,1H3,(H,21,23). The summed E-state index contributed by atoms with van der Waals surface area (Å²) in [5, 5.41) is 12.3. The molecule has 0 aliphatic carbocycles. The van der Waals surface area contributed by atoms with Gasteiger partial charge in [0.1, 0.15) is 12.1 Å². The summed E-state index contributed by atoms with van der Waals surface area (Å²) in [6.45, 7) is 3.05. The Kier molecular flexibility index (Phi) is 6.81. The maximum atomic E-state index is 12.2. The van der Waals surface area contributed by atoms with Crippen molar-refractivity contribution >= 4 is 12.0 Å². The number of unbranched alkanes of at least 4 members (excludes halogenated alkanes) is 1. The minimum absolute atomic E-state index is 0.0940. The van der Waals surface area contributed by atoms with Crippen LogP contribution in [0.3, 0.4) is 0 Å². The van der Waals surface area contributed by atoms with Crippen LogP contribution in [0.5, 0.6) is 0 Å². The van der Waals surface area contributed by atoms with Gasteiger partial charge in [-0.25, -0.2) is 4.79 Å². The Hall–Kier alpha value is -2.55. The van der Waals surface area contributed by atoms with Gasteiger partial charge in [0, 0.05) is 32.4 Å². The second-order valence-corrected chi connectivity index (χ2v) is 6.37. The molecule has 6 nitrogen and oxygen atoms in total. The van der Waals surface area contributed by atoms with Gasteiger partial charge in [-0.2, -0.15) is 5.26 Å². The molecule has 2 amide bonds. The fourth-order valence-corrected chi connectivity index (χ4v) is 2.81. The van der Waals surface area contributed by atoms with Gasteiger partial charge in [0.15, 0.2) is 0 Å². The summed E-state index contributed by atoms with van der Waals surface area (Å²) in [7, 11) is 0. The quantitative estimate of drug-likeness (QED) is 0.861. The number of rotatable bonds is 6. The van der Waals surface area contributed by atoms with Crippen molar-refractivity contribution in [1.82, 2.24) is 10.2 Å². The lowest BCUT2D eigenvalue weighted by Crippen LogP contribution is -2.55. The number of carbonyl (C=O) groups is 2. The number of amides is 2. The number of hydrogen-bond donors (Lipinski definition) is 1. The highest BCUT2D eigenvalue weighted by Crippen LogP contribution is 2.23. The average molecular weight is 343 g/mol. The Morgan fingerprint density at radius 3 is 2.56 bits per heavy atom. The SMILES string of the molecule is CCCCC(=O)NC1(C#N)CCN(C(=O)OCc2ccccc2)CC1. The molecule has 2 rings (SSSR count). The monoisotopic (exact) mass is 343 g/mol. The van der Waals surface area contributed by atoms with E-state index >= 15 is 0 Å². The smallest absolute Gasteiger partial charge is 0.410 e. The molecule has 0 saturated carbocycles. The molecule has 0 spiro atoms. The van der Waals surface area contributed by atoms with Crippen LogP contribution in [0, 0.1) is 11.3 Å². The molecule has 0 aromatic heterocycles. The van der Waals surface area contributed by atoms with E-state index in [-0.39, 0.29) is 18.6 Å². The fraction of sp³-hybridized carbons (Fsp3) is 0.526. The minimum Gasteiger partial charge on any atom is -0.445 e. The normalized spacial score (nSPS) is 15.9. The van der Waals surface area contributed by atoms with Crippen molar-refractivity contribution in [2.24, 2.45) is 0 Å². The summed E-state index contributed by atoms with van der Waals surface area (Å²) in [4.78, 5) is 25.7. The van der Waals surface area contributed by atoms with E-state index in [9.17, 15) is 14.9 Å². The molecule has 1 aliphatic rings. The first-order chi connectivity index (χ1) is 12.1. The lowest BCUT2D eigenvalue weighted by Gasteiger charge is -2.37. The number of benzene rings is 1. The van der Waals surface area contributed by atoms with Gasteiger partial charge in [0.25, 0.3) is 0 Å². The number of ether oxygens (including phenoxy) is 1. The molecule has 134 valence electrons. The average Bonchev–Trinajstić information content (AvgIpc) is 2.66. The zero-order valence-corrected chi connectivity index (χ0v) is 14.7. The Morgan fingerprint density at radius 2 is 1.96 bits per heavy atom. The summed E-state index contributed by atoms with van der Waals surface area (Å²) in [6.07, 6.45) is 2.64. The van der Waals surface area contributed by atoms with Crippen molar-refractivity contribution < 1.29 is 14.3 Å². The second-order valence-electron chi connectivity index (χ2n) is 6.37. The van der Waals surface area contributed by atoms with Gasteiger partial charge in [-0.3, -0.25) is 4.79 Å². The molecule has 1 aliphatic heterocycles. The molecular formula is C19H25N3O3. The number of carbonyl (C=O) groups excluding carboxylic acids is 2. The maximum absolute atomic E-state index is 12.2. The number of nitriles is 1. The number of nitrogens with zero attached hydrogens (tertiary/aromatic N) is 2. The lowest BCUT2D eigenvalue weighted by atomic mass is 9.89. The third-order valence-corrected chi connectivity index (χ3v) is 4.43. The van der Waals surface area contributed by atoms with E-state index in [2.05, 4.69) is 11.4 Å². The van der Waals surface area contributed by atoms with Crippen LogP contribution in [0.4, 0.5) is 4.79 Å². The highest BCUT2D eigenvalue weighted by Gasteiger charge is 2.37. The maximum Gasteiger partial charge on any atom is 0.410 e. The van der Waals surface area contributed by atoms with E-state index in [0.29, 0.717) is 32.4 Å². The third kappa shape index (κ3) is 5.49. The van der Waals surface area contributed by atoms with Crippen molar-refractivity contribution in [2.45, 2.75) is 51.2 Å². The summed E-state index contributed by atoms with van der Waals surface area (Å²) in [5.41, 5.74) is 0.0588. The van der Waals surface area contributed by atoms with Crippen LogP contribution < -0.4 is 5.32 Å². The van der Waals surface area contributed by atoms with E-state index in [1.54, 1.807) is 4.90 Å². The van der Waals surface area contributed by atoms with E-state index in [1.165, 1.54) is 0 Å². The van der Waals surface area contributed by atoms with Gasteiger partial charge in [0.05, 0.1) is 6.07 Å². The van der Waals surface area contributed by atoms with E-state index < -0.39 is 5.54 Å². The first-order valence-corrected chi connectivity index (χ1v) is 8.76. The van der Waals surface area contributed by atoms with Crippen molar-refractivity contribution in [3.05, 3.63) is 35.9 Å². The molecule has 0 bridgehead atoms. The first kappa shape index (κ1) is 18.8. The summed E-state index contributed by atoms with van der Waals surface area (Å²) in [6, 6.07) is 11.7. The first-order valence-electron chi connectivity index (χ1n) is 8.76. The molecule has 1 aromatic rings. The predicted molar refractivity (Wildman–Crippen MR) is 93.4 cm³/mol. The highest BCUT2D eigenvalue weighted by molar-refractivity contribution is 5.77. The van der Waals surface area contributed by atoms with Crippen LogP contribution in [0.1, 0.15) is 44.6 Å². The predicted octanol–water partition coefficient (Wildman–Crippen LogP) is 2.99. The van der Waals surface area contributed by atoms with Crippen molar-refractivity contribution in [1.29, 1.82) is 5.26 Å².